The normalized spacial score (nSPS) is 14.4. The van der Waals surface area contributed by atoms with E-state index in [1.807, 2.05) is 6.07 Å². The lowest BCUT2D eigenvalue weighted by molar-refractivity contribution is 0.259. The van der Waals surface area contributed by atoms with Gasteiger partial charge in [-0.2, -0.15) is 0 Å². The minimum absolute atomic E-state index is 0.365. The van der Waals surface area contributed by atoms with Crippen molar-refractivity contribution in [1.82, 2.24) is 15.3 Å². The molecule has 0 bridgehead atoms. The molecule has 0 atom stereocenters. The summed E-state index contributed by atoms with van der Waals surface area (Å²) in [5.41, 5.74) is 2.38. The topological polar surface area (TPSA) is 60.2 Å². The van der Waals surface area contributed by atoms with Crippen molar-refractivity contribution in [2.75, 3.05) is 6.54 Å². The van der Waals surface area contributed by atoms with E-state index >= 15 is 0 Å². The molecule has 0 aromatic carbocycles. The van der Waals surface area contributed by atoms with Gasteiger partial charge in [-0.25, -0.2) is 9.97 Å². The standard InChI is InChI=1S/C12H13N3O2/c1-2-12(16-7-10-6-14-8-17-10)15-11-3-4-13-5-9(1)11/h1-2,6,8,13H,3-5,7H2. The maximum absolute atomic E-state index is 5.55. The van der Waals surface area contributed by atoms with E-state index < -0.39 is 0 Å². The molecule has 0 saturated carbocycles. The Morgan fingerprint density at radius 3 is 3.29 bits per heavy atom. The van der Waals surface area contributed by atoms with Crippen molar-refractivity contribution in [1.29, 1.82) is 0 Å². The smallest absolute Gasteiger partial charge is 0.213 e. The maximum Gasteiger partial charge on any atom is 0.213 e. The van der Waals surface area contributed by atoms with E-state index in [2.05, 4.69) is 21.4 Å². The number of fused-ring (bicyclic) bond motifs is 1. The summed E-state index contributed by atoms with van der Waals surface area (Å²) in [4.78, 5) is 8.32. The van der Waals surface area contributed by atoms with Crippen LogP contribution in [0.4, 0.5) is 0 Å². The molecule has 5 nitrogen and oxygen atoms in total. The first-order valence-corrected chi connectivity index (χ1v) is 5.61. The second-order valence-corrected chi connectivity index (χ2v) is 3.94. The van der Waals surface area contributed by atoms with Crippen LogP contribution in [-0.2, 0) is 19.6 Å². The van der Waals surface area contributed by atoms with Gasteiger partial charge in [-0.15, -0.1) is 0 Å². The third-order valence-corrected chi connectivity index (χ3v) is 2.74. The van der Waals surface area contributed by atoms with Crippen molar-refractivity contribution in [3.8, 4) is 5.88 Å². The predicted molar refractivity (Wildman–Crippen MR) is 60.5 cm³/mol. The van der Waals surface area contributed by atoms with Gasteiger partial charge < -0.3 is 14.5 Å². The van der Waals surface area contributed by atoms with E-state index in [1.54, 1.807) is 6.20 Å². The summed E-state index contributed by atoms with van der Waals surface area (Å²) in [6.45, 7) is 2.24. The van der Waals surface area contributed by atoms with Crippen LogP contribution in [0.5, 0.6) is 5.88 Å². The number of ether oxygens (including phenoxy) is 1. The average molecular weight is 231 g/mol. The molecular weight excluding hydrogens is 218 g/mol. The zero-order valence-corrected chi connectivity index (χ0v) is 9.35. The molecule has 17 heavy (non-hydrogen) atoms. The van der Waals surface area contributed by atoms with Crippen LogP contribution in [0.25, 0.3) is 0 Å². The Labute approximate surface area is 98.8 Å². The fourth-order valence-corrected chi connectivity index (χ4v) is 1.86. The largest absolute Gasteiger partial charge is 0.469 e. The van der Waals surface area contributed by atoms with Crippen LogP contribution in [0.1, 0.15) is 17.0 Å². The molecule has 1 aliphatic rings. The molecule has 88 valence electrons. The Morgan fingerprint density at radius 1 is 1.41 bits per heavy atom. The van der Waals surface area contributed by atoms with Gasteiger partial charge in [0.25, 0.3) is 0 Å². The number of oxazole rings is 1. The van der Waals surface area contributed by atoms with Gasteiger partial charge in [-0.05, 0) is 5.56 Å². The van der Waals surface area contributed by atoms with Gasteiger partial charge in [0, 0.05) is 25.6 Å². The van der Waals surface area contributed by atoms with Crippen LogP contribution in [0.3, 0.4) is 0 Å². The molecule has 5 heteroatoms. The van der Waals surface area contributed by atoms with E-state index in [1.165, 1.54) is 12.0 Å². The lowest BCUT2D eigenvalue weighted by atomic mass is 10.1. The van der Waals surface area contributed by atoms with Crippen molar-refractivity contribution in [2.45, 2.75) is 19.6 Å². The SMILES string of the molecule is c1ncc(COc2ccc3c(n2)CCNC3)o1. The maximum atomic E-state index is 5.55. The monoisotopic (exact) mass is 231 g/mol. The molecule has 2 aromatic heterocycles. The summed E-state index contributed by atoms with van der Waals surface area (Å²) >= 11 is 0. The Hall–Kier alpha value is -1.88. The van der Waals surface area contributed by atoms with Crippen molar-refractivity contribution in [3.05, 3.63) is 41.7 Å². The highest BCUT2D eigenvalue weighted by Crippen LogP contribution is 2.17. The van der Waals surface area contributed by atoms with Crippen LogP contribution < -0.4 is 10.1 Å². The predicted octanol–water partition coefficient (Wildman–Crippen LogP) is 1.29. The van der Waals surface area contributed by atoms with Gasteiger partial charge in [-0.1, -0.05) is 6.07 Å². The van der Waals surface area contributed by atoms with Crippen molar-refractivity contribution >= 4 is 0 Å². The summed E-state index contributed by atoms with van der Waals surface area (Å²) in [7, 11) is 0. The summed E-state index contributed by atoms with van der Waals surface area (Å²) in [6, 6.07) is 3.95. The fraction of sp³-hybridized carbons (Fsp3) is 0.333. The second-order valence-electron chi connectivity index (χ2n) is 3.94. The lowest BCUT2D eigenvalue weighted by Crippen LogP contribution is -2.24. The fourth-order valence-electron chi connectivity index (χ4n) is 1.86. The summed E-state index contributed by atoms with van der Waals surface area (Å²) < 4.78 is 10.6. The molecule has 1 aliphatic heterocycles. The summed E-state index contributed by atoms with van der Waals surface area (Å²) in [5, 5.41) is 3.31. The highest BCUT2D eigenvalue weighted by Gasteiger charge is 2.11. The van der Waals surface area contributed by atoms with E-state index in [-0.39, 0.29) is 0 Å². The van der Waals surface area contributed by atoms with E-state index in [4.69, 9.17) is 9.15 Å². The molecular formula is C12H13N3O2. The molecule has 0 aliphatic carbocycles. The third-order valence-electron chi connectivity index (χ3n) is 2.74. The molecule has 1 N–H and O–H groups in total. The first kappa shape index (κ1) is 10.3. The molecule has 0 spiro atoms. The van der Waals surface area contributed by atoms with Crippen molar-refractivity contribution in [3.63, 3.8) is 0 Å². The molecule has 0 radical (unpaired) electrons. The number of hydrogen-bond donors (Lipinski definition) is 1. The number of rotatable bonds is 3. The molecule has 0 unspecified atom stereocenters. The minimum atomic E-state index is 0.365. The lowest BCUT2D eigenvalue weighted by Gasteiger charge is -2.16. The van der Waals surface area contributed by atoms with Gasteiger partial charge in [0.1, 0.15) is 6.61 Å². The molecule has 2 aromatic rings. The third kappa shape index (κ3) is 2.29. The van der Waals surface area contributed by atoms with Crippen molar-refractivity contribution in [2.24, 2.45) is 0 Å². The van der Waals surface area contributed by atoms with Crippen LogP contribution >= 0.6 is 0 Å². The second kappa shape index (κ2) is 4.55. The Balaban J connectivity index is 1.71. The first-order valence-electron chi connectivity index (χ1n) is 5.61. The van der Waals surface area contributed by atoms with Crippen molar-refractivity contribution < 1.29 is 9.15 Å². The number of nitrogens with zero attached hydrogens (tertiary/aromatic N) is 2. The first-order chi connectivity index (χ1) is 8.42. The zero-order valence-electron chi connectivity index (χ0n) is 9.35. The van der Waals surface area contributed by atoms with Gasteiger partial charge in [0.2, 0.25) is 5.88 Å². The summed E-state index contributed by atoms with van der Waals surface area (Å²) in [6.07, 6.45) is 3.99. The molecule has 0 fully saturated rings. The highest BCUT2D eigenvalue weighted by molar-refractivity contribution is 5.27. The number of nitrogens with one attached hydrogen (secondary N) is 1. The summed E-state index contributed by atoms with van der Waals surface area (Å²) in [5.74, 6) is 1.34. The molecule has 3 heterocycles. The van der Waals surface area contributed by atoms with Gasteiger partial charge >= 0.3 is 0 Å². The zero-order chi connectivity index (χ0) is 11.5. The van der Waals surface area contributed by atoms with E-state index in [9.17, 15) is 0 Å². The van der Waals surface area contributed by atoms with Crippen LogP contribution in [0, 0.1) is 0 Å². The van der Waals surface area contributed by atoms with Gasteiger partial charge in [0.05, 0.1) is 11.9 Å². The number of pyridine rings is 1. The number of aromatic nitrogens is 2. The van der Waals surface area contributed by atoms with Gasteiger partial charge in [0.15, 0.2) is 12.2 Å². The Morgan fingerprint density at radius 2 is 2.41 bits per heavy atom. The van der Waals surface area contributed by atoms with E-state index in [0.717, 1.165) is 25.2 Å². The highest BCUT2D eigenvalue weighted by atomic mass is 16.5. The minimum Gasteiger partial charge on any atom is -0.469 e. The molecule has 0 amide bonds. The quantitative estimate of drug-likeness (QED) is 0.862. The van der Waals surface area contributed by atoms with E-state index in [0.29, 0.717) is 18.2 Å². The molecule has 0 saturated heterocycles. The Kier molecular flexibility index (Phi) is 2.75. The van der Waals surface area contributed by atoms with Crippen LogP contribution in [0.15, 0.2) is 29.1 Å². The van der Waals surface area contributed by atoms with Gasteiger partial charge in [-0.3, -0.25) is 0 Å². The van der Waals surface area contributed by atoms with Crippen LogP contribution in [-0.4, -0.2) is 16.5 Å². The Bertz CT molecular complexity index is 496. The molecule has 3 rings (SSSR count). The number of hydrogen-bond acceptors (Lipinski definition) is 5. The average Bonchev–Trinajstić information content (AvgIpc) is 2.89. The van der Waals surface area contributed by atoms with Crippen LogP contribution in [0.2, 0.25) is 0 Å².